The normalized spacial score (nSPS) is 19.0. The third-order valence-electron chi connectivity index (χ3n) is 5.33. The lowest BCUT2D eigenvalue weighted by atomic mass is 10.1. The smallest absolute Gasteiger partial charge is 0.265 e. The highest BCUT2D eigenvalue weighted by atomic mass is 16.5. The van der Waals surface area contributed by atoms with Gasteiger partial charge in [-0.05, 0) is 49.6 Å². The van der Waals surface area contributed by atoms with Crippen molar-refractivity contribution in [2.45, 2.75) is 38.4 Å². The molecule has 0 aromatic heterocycles. The molecule has 7 heteroatoms. The first-order valence-corrected chi connectivity index (χ1v) is 10.2. The van der Waals surface area contributed by atoms with Gasteiger partial charge >= 0.3 is 0 Å². The van der Waals surface area contributed by atoms with E-state index in [9.17, 15) is 14.4 Å². The number of anilines is 1. The van der Waals surface area contributed by atoms with E-state index in [-0.39, 0.29) is 30.4 Å². The van der Waals surface area contributed by atoms with Crippen LogP contribution in [0.25, 0.3) is 0 Å². The van der Waals surface area contributed by atoms with Crippen LogP contribution in [0, 0.1) is 0 Å². The number of carbonyl (C=O) groups excluding carboxylic acids is 3. The van der Waals surface area contributed by atoms with Crippen molar-refractivity contribution in [3.05, 3.63) is 59.7 Å². The fraction of sp³-hybridized carbons (Fsp3) is 0.348. The molecular formula is C23H24N2O5. The van der Waals surface area contributed by atoms with Crippen molar-refractivity contribution in [2.24, 2.45) is 0 Å². The Balaban J connectivity index is 1.45. The first-order chi connectivity index (χ1) is 14.6. The topological polar surface area (TPSA) is 84.9 Å². The van der Waals surface area contributed by atoms with Crippen LogP contribution in [0.4, 0.5) is 5.69 Å². The third-order valence-corrected chi connectivity index (χ3v) is 5.33. The van der Waals surface area contributed by atoms with Gasteiger partial charge in [0.15, 0.2) is 6.10 Å². The molecule has 0 radical (unpaired) electrons. The van der Waals surface area contributed by atoms with Crippen LogP contribution < -0.4 is 10.1 Å². The molecule has 2 aromatic carbocycles. The summed E-state index contributed by atoms with van der Waals surface area (Å²) in [6.45, 7) is 2.78. The van der Waals surface area contributed by atoms with Gasteiger partial charge in [-0.15, -0.1) is 0 Å². The Kier molecular flexibility index (Phi) is 5.81. The highest BCUT2D eigenvalue weighted by Crippen LogP contribution is 2.27. The highest BCUT2D eigenvalue weighted by molar-refractivity contribution is 6.22. The summed E-state index contributed by atoms with van der Waals surface area (Å²) in [6.07, 6.45) is 1.49. The molecular weight excluding hydrogens is 384 g/mol. The average Bonchev–Trinajstić information content (AvgIpc) is 3.36. The molecule has 2 aliphatic rings. The van der Waals surface area contributed by atoms with Crippen LogP contribution in [0.1, 0.15) is 46.9 Å². The van der Waals surface area contributed by atoms with Gasteiger partial charge in [0.25, 0.3) is 17.7 Å². The number of benzene rings is 2. The highest BCUT2D eigenvalue weighted by Gasteiger charge is 2.37. The third kappa shape index (κ3) is 4.07. The van der Waals surface area contributed by atoms with Crippen molar-refractivity contribution in [1.29, 1.82) is 0 Å². The number of carbonyl (C=O) groups is 3. The van der Waals surface area contributed by atoms with Crippen LogP contribution in [0.2, 0.25) is 0 Å². The molecule has 3 amide bonds. The SMILES string of the molecule is CCC(Oc1ccccc1)C(=O)Nc1ccc2c(c1)C(=O)N(CC1CCCO1)C2=O. The van der Waals surface area contributed by atoms with Crippen molar-refractivity contribution in [2.75, 3.05) is 18.5 Å². The van der Waals surface area contributed by atoms with Crippen LogP contribution in [-0.4, -0.2) is 48.0 Å². The van der Waals surface area contributed by atoms with Gasteiger partial charge in [0.2, 0.25) is 0 Å². The van der Waals surface area contributed by atoms with Crippen molar-refractivity contribution in [3.8, 4) is 5.75 Å². The number of nitrogens with one attached hydrogen (secondary N) is 1. The number of fused-ring (bicyclic) bond motifs is 1. The number of para-hydroxylation sites is 1. The molecule has 2 atom stereocenters. The molecule has 0 aliphatic carbocycles. The number of imide groups is 1. The maximum atomic E-state index is 12.8. The molecule has 1 fully saturated rings. The molecule has 156 valence electrons. The average molecular weight is 408 g/mol. The summed E-state index contributed by atoms with van der Waals surface area (Å²) in [5.74, 6) is -0.371. The maximum absolute atomic E-state index is 12.8. The van der Waals surface area contributed by atoms with Crippen molar-refractivity contribution >= 4 is 23.4 Å². The van der Waals surface area contributed by atoms with E-state index < -0.39 is 6.10 Å². The summed E-state index contributed by atoms with van der Waals surface area (Å²) in [4.78, 5) is 39.3. The number of nitrogens with zero attached hydrogens (tertiary/aromatic N) is 1. The Bertz CT molecular complexity index is 953. The number of hydrogen-bond acceptors (Lipinski definition) is 5. The molecule has 2 unspecified atom stereocenters. The van der Waals surface area contributed by atoms with Crippen LogP contribution >= 0.6 is 0 Å². The second-order valence-electron chi connectivity index (χ2n) is 7.43. The molecule has 2 aromatic rings. The molecule has 2 aliphatic heterocycles. The van der Waals surface area contributed by atoms with E-state index in [1.165, 1.54) is 4.90 Å². The summed E-state index contributed by atoms with van der Waals surface area (Å²) >= 11 is 0. The first-order valence-electron chi connectivity index (χ1n) is 10.2. The molecule has 0 spiro atoms. The van der Waals surface area contributed by atoms with Crippen molar-refractivity contribution in [1.82, 2.24) is 4.90 Å². The molecule has 2 heterocycles. The molecule has 0 saturated carbocycles. The van der Waals surface area contributed by atoms with Gasteiger partial charge in [0.05, 0.1) is 23.8 Å². The number of ether oxygens (including phenoxy) is 2. The quantitative estimate of drug-likeness (QED) is 0.711. The zero-order valence-electron chi connectivity index (χ0n) is 16.8. The number of rotatable bonds is 7. The van der Waals surface area contributed by atoms with Gasteiger partial charge in [-0.1, -0.05) is 25.1 Å². The van der Waals surface area contributed by atoms with Gasteiger partial charge in [-0.2, -0.15) is 0 Å². The summed E-state index contributed by atoms with van der Waals surface area (Å²) in [7, 11) is 0. The van der Waals surface area contributed by atoms with E-state index in [0.29, 0.717) is 35.6 Å². The Morgan fingerprint density at radius 2 is 1.93 bits per heavy atom. The van der Waals surface area contributed by atoms with E-state index in [4.69, 9.17) is 9.47 Å². The van der Waals surface area contributed by atoms with Crippen LogP contribution in [0.15, 0.2) is 48.5 Å². The van der Waals surface area contributed by atoms with E-state index >= 15 is 0 Å². The Morgan fingerprint density at radius 1 is 1.17 bits per heavy atom. The first kappa shape index (κ1) is 20.1. The molecule has 1 N–H and O–H groups in total. The van der Waals surface area contributed by atoms with Crippen molar-refractivity contribution < 1.29 is 23.9 Å². The Hall–Kier alpha value is -3.19. The fourth-order valence-electron chi connectivity index (χ4n) is 3.73. The summed E-state index contributed by atoms with van der Waals surface area (Å²) in [5, 5.41) is 2.80. The Labute approximate surface area is 175 Å². The second kappa shape index (κ2) is 8.67. The van der Waals surface area contributed by atoms with E-state index in [0.717, 1.165) is 12.8 Å². The minimum Gasteiger partial charge on any atom is -0.481 e. The molecule has 1 saturated heterocycles. The zero-order chi connectivity index (χ0) is 21.1. The second-order valence-corrected chi connectivity index (χ2v) is 7.43. The van der Waals surface area contributed by atoms with Gasteiger partial charge in [-0.3, -0.25) is 19.3 Å². The van der Waals surface area contributed by atoms with Gasteiger partial charge in [0.1, 0.15) is 5.75 Å². The standard InChI is InChI=1S/C23H24N2O5/c1-2-20(30-16-7-4-3-5-8-16)21(26)24-15-10-11-18-19(13-15)23(28)25(22(18)27)14-17-9-6-12-29-17/h3-5,7-8,10-11,13,17,20H,2,6,9,12,14H2,1H3,(H,24,26). The minimum atomic E-state index is -0.672. The molecule has 4 rings (SSSR count). The van der Waals surface area contributed by atoms with E-state index in [1.54, 1.807) is 30.3 Å². The van der Waals surface area contributed by atoms with Crippen molar-refractivity contribution in [3.63, 3.8) is 0 Å². The van der Waals surface area contributed by atoms with Crippen LogP contribution in [0.5, 0.6) is 5.75 Å². The Morgan fingerprint density at radius 3 is 2.63 bits per heavy atom. The summed E-state index contributed by atoms with van der Waals surface area (Å²) in [6, 6.07) is 13.9. The van der Waals surface area contributed by atoms with Gasteiger partial charge in [0, 0.05) is 12.3 Å². The predicted molar refractivity (Wildman–Crippen MR) is 111 cm³/mol. The van der Waals surface area contributed by atoms with Crippen LogP contribution in [0.3, 0.4) is 0 Å². The molecule has 0 bridgehead atoms. The van der Waals surface area contributed by atoms with Crippen LogP contribution in [-0.2, 0) is 9.53 Å². The zero-order valence-corrected chi connectivity index (χ0v) is 16.8. The lowest BCUT2D eigenvalue weighted by Crippen LogP contribution is -2.36. The predicted octanol–water partition coefficient (Wildman–Crippen LogP) is 3.26. The molecule has 30 heavy (non-hydrogen) atoms. The maximum Gasteiger partial charge on any atom is 0.265 e. The van der Waals surface area contributed by atoms with Gasteiger partial charge in [-0.25, -0.2) is 0 Å². The number of amides is 3. The minimum absolute atomic E-state index is 0.105. The fourth-order valence-corrected chi connectivity index (χ4v) is 3.73. The van der Waals surface area contributed by atoms with E-state index in [1.807, 2.05) is 25.1 Å². The summed E-state index contributed by atoms with van der Waals surface area (Å²) in [5.41, 5.74) is 1.10. The number of hydrogen-bond donors (Lipinski definition) is 1. The monoisotopic (exact) mass is 408 g/mol. The lowest BCUT2D eigenvalue weighted by molar-refractivity contribution is -0.122. The largest absolute Gasteiger partial charge is 0.481 e. The molecule has 7 nitrogen and oxygen atoms in total. The lowest BCUT2D eigenvalue weighted by Gasteiger charge is -2.18. The van der Waals surface area contributed by atoms with Gasteiger partial charge < -0.3 is 14.8 Å². The summed E-state index contributed by atoms with van der Waals surface area (Å²) < 4.78 is 11.3. The van der Waals surface area contributed by atoms with E-state index in [2.05, 4.69) is 5.32 Å².